The second-order valence-corrected chi connectivity index (χ2v) is 5.25. The van der Waals surface area contributed by atoms with E-state index in [1.807, 2.05) is 12.1 Å². The van der Waals surface area contributed by atoms with Gasteiger partial charge in [-0.2, -0.15) is 0 Å². The van der Waals surface area contributed by atoms with Gasteiger partial charge >= 0.3 is 0 Å². The number of halogens is 1. The Bertz CT molecular complexity index is 400. The molecule has 0 saturated carbocycles. The first kappa shape index (κ1) is 15.3. The lowest BCUT2D eigenvalue weighted by atomic mass is 10.0. The highest BCUT2D eigenvalue weighted by molar-refractivity contribution is 7.99. The van der Waals surface area contributed by atoms with Crippen LogP contribution in [-0.4, -0.2) is 24.7 Å². The average Bonchev–Trinajstić information content (AvgIpc) is 2.78. The monoisotopic (exact) mass is 286 g/mol. The van der Waals surface area contributed by atoms with Gasteiger partial charge in [0.05, 0.1) is 5.92 Å². The van der Waals surface area contributed by atoms with Crippen molar-refractivity contribution in [2.45, 2.75) is 23.7 Å². The fourth-order valence-electron chi connectivity index (χ4n) is 1.98. The Morgan fingerprint density at radius 2 is 2.17 bits per heavy atom. The molecule has 5 heteroatoms. The van der Waals surface area contributed by atoms with E-state index in [9.17, 15) is 4.79 Å². The Labute approximate surface area is 118 Å². The van der Waals surface area contributed by atoms with Crippen LogP contribution < -0.4 is 11.1 Å². The smallest absolute Gasteiger partial charge is 0.228 e. The summed E-state index contributed by atoms with van der Waals surface area (Å²) in [7, 11) is 0. The molecule has 100 valence electrons. The molecule has 18 heavy (non-hydrogen) atoms. The van der Waals surface area contributed by atoms with Crippen molar-refractivity contribution >= 4 is 30.1 Å². The molecule has 3 N–H and O–H groups in total. The van der Waals surface area contributed by atoms with E-state index in [4.69, 9.17) is 5.73 Å². The SMILES string of the molecule is Cl.NCCCCNC(=O)C1CSc2ccccc21. The summed E-state index contributed by atoms with van der Waals surface area (Å²) in [6.07, 6.45) is 1.93. The Balaban J connectivity index is 0.00000162. The standard InChI is InChI=1S/C13H18N2OS.ClH/c14-7-3-4-8-15-13(16)11-9-17-12-6-2-1-5-10(11)12;/h1-2,5-6,11H,3-4,7-9,14H2,(H,15,16);1H. The maximum absolute atomic E-state index is 12.0. The summed E-state index contributed by atoms with van der Waals surface area (Å²) < 4.78 is 0. The van der Waals surface area contributed by atoms with Crippen molar-refractivity contribution in [2.24, 2.45) is 5.73 Å². The molecule has 0 radical (unpaired) electrons. The van der Waals surface area contributed by atoms with Gasteiger partial charge in [-0.05, 0) is 31.0 Å². The summed E-state index contributed by atoms with van der Waals surface area (Å²) in [5.74, 6) is 1.04. The number of carbonyl (C=O) groups is 1. The average molecular weight is 287 g/mol. The van der Waals surface area contributed by atoms with Gasteiger partial charge in [0.15, 0.2) is 0 Å². The van der Waals surface area contributed by atoms with Crippen molar-refractivity contribution in [3.05, 3.63) is 29.8 Å². The molecule has 1 aliphatic heterocycles. The van der Waals surface area contributed by atoms with Crippen molar-refractivity contribution in [1.29, 1.82) is 0 Å². The zero-order valence-electron chi connectivity index (χ0n) is 10.2. The fraction of sp³-hybridized carbons (Fsp3) is 0.462. The van der Waals surface area contributed by atoms with Crippen molar-refractivity contribution in [2.75, 3.05) is 18.8 Å². The number of thioether (sulfide) groups is 1. The first-order valence-electron chi connectivity index (χ1n) is 6.02. The van der Waals surface area contributed by atoms with Gasteiger partial charge in [0.1, 0.15) is 0 Å². The highest BCUT2D eigenvalue weighted by Crippen LogP contribution is 2.39. The van der Waals surface area contributed by atoms with Gasteiger partial charge in [-0.15, -0.1) is 24.2 Å². The summed E-state index contributed by atoms with van der Waals surface area (Å²) in [6.45, 7) is 1.43. The predicted molar refractivity (Wildman–Crippen MR) is 78.5 cm³/mol. The van der Waals surface area contributed by atoms with Crippen LogP contribution in [0.5, 0.6) is 0 Å². The van der Waals surface area contributed by atoms with Gasteiger partial charge in [0.25, 0.3) is 0 Å². The largest absolute Gasteiger partial charge is 0.356 e. The lowest BCUT2D eigenvalue weighted by molar-refractivity contribution is -0.122. The number of benzene rings is 1. The number of carbonyl (C=O) groups excluding carboxylic acids is 1. The number of hydrogen-bond donors (Lipinski definition) is 2. The van der Waals surface area contributed by atoms with Crippen LogP contribution in [0.15, 0.2) is 29.2 Å². The fourth-order valence-corrected chi connectivity index (χ4v) is 3.21. The highest BCUT2D eigenvalue weighted by Gasteiger charge is 2.28. The molecular formula is C13H19ClN2OS. The van der Waals surface area contributed by atoms with Crippen LogP contribution in [0, 0.1) is 0 Å². The molecule has 0 aliphatic carbocycles. The lowest BCUT2D eigenvalue weighted by Crippen LogP contribution is -2.30. The number of hydrogen-bond acceptors (Lipinski definition) is 3. The lowest BCUT2D eigenvalue weighted by Gasteiger charge is -2.11. The van der Waals surface area contributed by atoms with Crippen LogP contribution in [0.1, 0.15) is 24.3 Å². The molecule has 1 aromatic carbocycles. The number of nitrogens with two attached hydrogens (primary N) is 1. The van der Waals surface area contributed by atoms with Gasteiger partial charge in [-0.25, -0.2) is 0 Å². The first-order valence-corrected chi connectivity index (χ1v) is 7.01. The van der Waals surface area contributed by atoms with Crippen LogP contribution in [0.3, 0.4) is 0 Å². The molecule has 0 aromatic heterocycles. The quantitative estimate of drug-likeness (QED) is 0.816. The van der Waals surface area contributed by atoms with Crippen LogP contribution in [-0.2, 0) is 4.79 Å². The van der Waals surface area contributed by atoms with Crippen LogP contribution >= 0.6 is 24.2 Å². The molecule has 1 amide bonds. The van der Waals surface area contributed by atoms with Gasteiger partial charge < -0.3 is 11.1 Å². The second-order valence-electron chi connectivity index (χ2n) is 4.19. The summed E-state index contributed by atoms with van der Waals surface area (Å²) >= 11 is 1.77. The van der Waals surface area contributed by atoms with Gasteiger partial charge in [0, 0.05) is 17.2 Å². The maximum Gasteiger partial charge on any atom is 0.228 e. The van der Waals surface area contributed by atoms with Crippen molar-refractivity contribution in [3.8, 4) is 0 Å². The Morgan fingerprint density at radius 1 is 1.39 bits per heavy atom. The van der Waals surface area contributed by atoms with E-state index >= 15 is 0 Å². The molecule has 0 fully saturated rings. The predicted octanol–water partition coefficient (Wildman–Crippen LogP) is 2.15. The van der Waals surface area contributed by atoms with Gasteiger partial charge in [-0.1, -0.05) is 18.2 Å². The highest BCUT2D eigenvalue weighted by atomic mass is 35.5. The van der Waals surface area contributed by atoms with E-state index in [1.54, 1.807) is 11.8 Å². The van der Waals surface area contributed by atoms with Crippen LogP contribution in [0.4, 0.5) is 0 Å². The number of fused-ring (bicyclic) bond motifs is 1. The third-order valence-electron chi connectivity index (χ3n) is 2.95. The minimum absolute atomic E-state index is 0. The molecule has 1 aliphatic rings. The minimum Gasteiger partial charge on any atom is -0.356 e. The van der Waals surface area contributed by atoms with Crippen LogP contribution in [0.2, 0.25) is 0 Å². The molecule has 3 nitrogen and oxygen atoms in total. The summed E-state index contributed by atoms with van der Waals surface area (Å²) in [5.41, 5.74) is 6.59. The molecule has 1 aromatic rings. The van der Waals surface area contributed by atoms with E-state index in [0.29, 0.717) is 6.54 Å². The minimum atomic E-state index is 0. The molecular weight excluding hydrogens is 268 g/mol. The number of unbranched alkanes of at least 4 members (excludes halogenated alkanes) is 1. The third-order valence-corrected chi connectivity index (χ3v) is 4.13. The zero-order valence-corrected chi connectivity index (χ0v) is 11.9. The molecule has 0 saturated heterocycles. The Morgan fingerprint density at radius 3 is 2.94 bits per heavy atom. The molecule has 0 bridgehead atoms. The molecule has 1 atom stereocenters. The van der Waals surface area contributed by atoms with Crippen molar-refractivity contribution < 1.29 is 4.79 Å². The summed E-state index contributed by atoms with van der Waals surface area (Å²) in [4.78, 5) is 13.3. The maximum atomic E-state index is 12.0. The normalized spacial score (nSPS) is 16.8. The molecule has 1 unspecified atom stereocenters. The van der Waals surface area contributed by atoms with Crippen molar-refractivity contribution in [3.63, 3.8) is 0 Å². The van der Waals surface area contributed by atoms with Gasteiger partial charge in [-0.3, -0.25) is 4.79 Å². The van der Waals surface area contributed by atoms with E-state index in [1.165, 1.54) is 10.5 Å². The number of nitrogens with one attached hydrogen (secondary N) is 1. The van der Waals surface area contributed by atoms with E-state index < -0.39 is 0 Å². The van der Waals surface area contributed by atoms with Gasteiger partial charge in [0.2, 0.25) is 5.91 Å². The van der Waals surface area contributed by atoms with Crippen LogP contribution in [0.25, 0.3) is 0 Å². The second kappa shape index (κ2) is 7.67. The van der Waals surface area contributed by atoms with E-state index in [-0.39, 0.29) is 24.2 Å². The third kappa shape index (κ3) is 3.64. The van der Waals surface area contributed by atoms with Crippen molar-refractivity contribution in [1.82, 2.24) is 5.32 Å². The zero-order chi connectivity index (χ0) is 12.1. The van der Waals surface area contributed by atoms with E-state index in [0.717, 1.165) is 25.1 Å². The summed E-state index contributed by atoms with van der Waals surface area (Å²) in [5, 5.41) is 2.99. The van der Waals surface area contributed by atoms with E-state index in [2.05, 4.69) is 17.4 Å². The summed E-state index contributed by atoms with van der Waals surface area (Å²) in [6, 6.07) is 8.16. The molecule has 0 spiro atoms. The first-order chi connectivity index (χ1) is 8.33. The topological polar surface area (TPSA) is 55.1 Å². The molecule has 2 rings (SSSR count). The number of amides is 1. The Kier molecular flexibility index (Phi) is 6.54. The molecule has 1 heterocycles. The Hall–Kier alpha value is -0.710. The number of rotatable bonds is 5.